The van der Waals surface area contributed by atoms with E-state index in [9.17, 15) is 4.39 Å². The summed E-state index contributed by atoms with van der Waals surface area (Å²) in [4.78, 5) is 0. The average molecular weight is 435 g/mol. The zero-order valence-corrected chi connectivity index (χ0v) is 19.4. The van der Waals surface area contributed by atoms with E-state index in [1.54, 1.807) is 6.07 Å². The summed E-state index contributed by atoms with van der Waals surface area (Å²) in [5, 5.41) is 0. The minimum Gasteiger partial charge on any atom is -0.378 e. The van der Waals surface area contributed by atoms with Crippen molar-refractivity contribution in [1.82, 2.24) is 0 Å². The molecule has 2 heterocycles. The van der Waals surface area contributed by atoms with Gasteiger partial charge in [-0.2, -0.15) is 0 Å². The molecule has 1 aliphatic carbocycles. The van der Waals surface area contributed by atoms with Gasteiger partial charge in [-0.3, -0.25) is 0 Å². The van der Waals surface area contributed by atoms with Crippen molar-refractivity contribution in [3.8, 4) is 0 Å². The van der Waals surface area contributed by atoms with Gasteiger partial charge in [-0.1, -0.05) is 38.8 Å². The lowest BCUT2D eigenvalue weighted by atomic mass is 9.77. The molecule has 0 bridgehead atoms. The maximum atomic E-state index is 15.0. The molecular formula is C27H40F2O2. The number of ether oxygens (including phenoxy) is 2. The fourth-order valence-corrected chi connectivity index (χ4v) is 6.17. The maximum absolute atomic E-state index is 15.0. The van der Waals surface area contributed by atoms with Gasteiger partial charge in [-0.05, 0) is 81.1 Å². The van der Waals surface area contributed by atoms with Crippen molar-refractivity contribution in [2.24, 2.45) is 17.8 Å². The molecule has 2 saturated heterocycles. The lowest BCUT2D eigenvalue weighted by Crippen LogP contribution is -2.37. The lowest BCUT2D eigenvalue weighted by molar-refractivity contribution is -0.105. The van der Waals surface area contributed by atoms with Gasteiger partial charge >= 0.3 is 0 Å². The molecule has 3 aliphatic rings. The lowest BCUT2D eigenvalue weighted by Gasteiger charge is -2.38. The van der Waals surface area contributed by atoms with Crippen LogP contribution >= 0.6 is 0 Å². The predicted molar refractivity (Wildman–Crippen MR) is 120 cm³/mol. The predicted octanol–water partition coefficient (Wildman–Crippen LogP) is 7.71. The Morgan fingerprint density at radius 1 is 0.774 bits per heavy atom. The molecule has 0 radical (unpaired) electrons. The normalized spacial score (nSPS) is 34.6. The third-order valence-electron chi connectivity index (χ3n) is 8.29. The van der Waals surface area contributed by atoms with Crippen LogP contribution in [0.1, 0.15) is 108 Å². The first-order valence-corrected chi connectivity index (χ1v) is 12.8. The van der Waals surface area contributed by atoms with Crippen molar-refractivity contribution in [2.45, 2.75) is 103 Å². The number of hydrogen-bond acceptors (Lipinski definition) is 2. The second-order valence-electron chi connectivity index (χ2n) is 10.3. The molecule has 1 saturated carbocycles. The van der Waals surface area contributed by atoms with Gasteiger partial charge in [-0.25, -0.2) is 8.78 Å². The molecule has 1 aromatic carbocycles. The van der Waals surface area contributed by atoms with Crippen molar-refractivity contribution >= 4 is 0 Å². The van der Waals surface area contributed by atoms with Gasteiger partial charge in [0, 0.05) is 18.1 Å². The molecule has 4 unspecified atom stereocenters. The zero-order valence-electron chi connectivity index (χ0n) is 19.4. The molecular weight excluding hydrogens is 394 g/mol. The molecule has 174 valence electrons. The number of hydrogen-bond donors (Lipinski definition) is 0. The highest BCUT2D eigenvalue weighted by molar-refractivity contribution is 5.31. The maximum Gasteiger partial charge on any atom is 0.164 e. The minimum atomic E-state index is -0.685. The zero-order chi connectivity index (χ0) is 21.8. The summed E-state index contributed by atoms with van der Waals surface area (Å²) in [5.41, 5.74) is 0.969. The summed E-state index contributed by atoms with van der Waals surface area (Å²) < 4.78 is 42.2. The van der Waals surface area contributed by atoms with Crippen LogP contribution in [0.2, 0.25) is 0 Å². The van der Waals surface area contributed by atoms with E-state index in [1.807, 2.05) is 6.07 Å². The van der Waals surface area contributed by atoms with Gasteiger partial charge in [0.25, 0.3) is 0 Å². The molecule has 31 heavy (non-hydrogen) atoms. The molecule has 4 heteroatoms. The fourth-order valence-electron chi connectivity index (χ4n) is 6.17. The van der Waals surface area contributed by atoms with Crippen LogP contribution in [0.5, 0.6) is 0 Å². The molecule has 2 nitrogen and oxygen atoms in total. The largest absolute Gasteiger partial charge is 0.378 e. The van der Waals surface area contributed by atoms with Gasteiger partial charge in [0.15, 0.2) is 11.6 Å². The third-order valence-corrected chi connectivity index (χ3v) is 8.29. The fraction of sp³-hybridized carbons (Fsp3) is 0.778. The Hall–Kier alpha value is -1.00. The van der Waals surface area contributed by atoms with E-state index < -0.39 is 11.6 Å². The quantitative estimate of drug-likeness (QED) is 0.456. The molecule has 0 N–H and O–H groups in total. The van der Waals surface area contributed by atoms with Crippen molar-refractivity contribution < 1.29 is 18.3 Å². The summed E-state index contributed by atoms with van der Waals surface area (Å²) in [6, 6.07) is 3.62. The molecule has 1 aromatic rings. The van der Waals surface area contributed by atoms with E-state index >= 15 is 4.39 Å². The Balaban J connectivity index is 1.33. The standard InChI is InChI=1S/C27H40F2O2/c1-3-5-19-8-14-24(30-16-19)21-11-15-25(31-17-21)23-13-12-22(26(28)27(23)29)20-9-6-18(4-2)7-10-20/h12-13,18-21,24-25H,3-11,14-17H2,1-2H3. The summed E-state index contributed by atoms with van der Waals surface area (Å²) in [5.74, 6) is 0.655. The van der Waals surface area contributed by atoms with Crippen molar-refractivity contribution in [1.29, 1.82) is 0 Å². The topological polar surface area (TPSA) is 18.5 Å². The van der Waals surface area contributed by atoms with Crippen LogP contribution in [0.15, 0.2) is 12.1 Å². The van der Waals surface area contributed by atoms with E-state index in [1.165, 1.54) is 25.7 Å². The second-order valence-corrected chi connectivity index (χ2v) is 10.3. The molecule has 4 atom stereocenters. The van der Waals surface area contributed by atoms with E-state index in [0.29, 0.717) is 29.6 Å². The van der Waals surface area contributed by atoms with Crippen LogP contribution in [0, 0.1) is 29.4 Å². The van der Waals surface area contributed by atoms with Gasteiger partial charge in [0.2, 0.25) is 0 Å². The number of rotatable bonds is 6. The molecule has 0 amide bonds. The Morgan fingerprint density at radius 2 is 1.48 bits per heavy atom. The van der Waals surface area contributed by atoms with Crippen LogP contribution in [0.3, 0.4) is 0 Å². The van der Waals surface area contributed by atoms with E-state index in [2.05, 4.69) is 13.8 Å². The van der Waals surface area contributed by atoms with E-state index in [0.717, 1.165) is 57.5 Å². The van der Waals surface area contributed by atoms with Gasteiger partial charge in [-0.15, -0.1) is 0 Å². The van der Waals surface area contributed by atoms with E-state index in [-0.39, 0.29) is 18.1 Å². The summed E-state index contributed by atoms with van der Waals surface area (Å²) in [6.45, 7) is 5.89. The Labute approximate surface area is 187 Å². The van der Waals surface area contributed by atoms with Crippen LogP contribution in [0.25, 0.3) is 0 Å². The average Bonchev–Trinajstić information content (AvgIpc) is 2.82. The smallest absolute Gasteiger partial charge is 0.164 e. The van der Waals surface area contributed by atoms with Gasteiger partial charge < -0.3 is 9.47 Å². The summed E-state index contributed by atoms with van der Waals surface area (Å²) in [7, 11) is 0. The molecule has 2 aliphatic heterocycles. The van der Waals surface area contributed by atoms with E-state index in [4.69, 9.17) is 9.47 Å². The highest BCUT2D eigenvalue weighted by Gasteiger charge is 2.34. The highest BCUT2D eigenvalue weighted by atomic mass is 19.2. The van der Waals surface area contributed by atoms with Gasteiger partial charge in [0.1, 0.15) is 0 Å². The van der Waals surface area contributed by atoms with Crippen LogP contribution in [-0.2, 0) is 9.47 Å². The Bertz CT molecular complexity index is 697. The number of benzene rings is 1. The van der Waals surface area contributed by atoms with Crippen molar-refractivity contribution in [2.75, 3.05) is 13.2 Å². The molecule has 4 rings (SSSR count). The molecule has 3 fully saturated rings. The van der Waals surface area contributed by atoms with Crippen molar-refractivity contribution in [3.63, 3.8) is 0 Å². The van der Waals surface area contributed by atoms with Crippen LogP contribution in [-0.4, -0.2) is 19.3 Å². The SMILES string of the molecule is CCCC1CCC(C2CCC(c3ccc(C4CCC(CC)CC4)c(F)c3F)OC2)OC1. The first kappa shape index (κ1) is 23.2. The highest BCUT2D eigenvalue weighted by Crippen LogP contribution is 2.41. The number of halogens is 2. The summed E-state index contributed by atoms with van der Waals surface area (Å²) >= 11 is 0. The molecule has 0 spiro atoms. The minimum absolute atomic E-state index is 0.156. The van der Waals surface area contributed by atoms with Crippen LogP contribution < -0.4 is 0 Å². The monoisotopic (exact) mass is 434 g/mol. The van der Waals surface area contributed by atoms with Crippen LogP contribution in [0.4, 0.5) is 8.78 Å². The second kappa shape index (κ2) is 10.7. The van der Waals surface area contributed by atoms with Gasteiger partial charge in [0.05, 0.1) is 18.8 Å². The summed E-state index contributed by atoms with van der Waals surface area (Å²) in [6.07, 6.45) is 11.8. The first-order valence-electron chi connectivity index (χ1n) is 12.8. The Kier molecular flexibility index (Phi) is 8.03. The Morgan fingerprint density at radius 3 is 2.10 bits per heavy atom. The van der Waals surface area contributed by atoms with Crippen molar-refractivity contribution in [3.05, 3.63) is 34.9 Å². The molecule has 0 aromatic heterocycles. The third kappa shape index (κ3) is 5.33. The first-order chi connectivity index (χ1) is 15.1.